The van der Waals surface area contributed by atoms with Crippen LogP contribution in [0.2, 0.25) is 19.1 Å². The van der Waals surface area contributed by atoms with E-state index in [1.54, 1.807) is 0 Å². The van der Waals surface area contributed by atoms with Gasteiger partial charge in [0.05, 0.1) is 50.7 Å². The van der Waals surface area contributed by atoms with E-state index in [4.69, 9.17) is 14.7 Å². The Bertz CT molecular complexity index is 2380. The first-order valence-corrected chi connectivity index (χ1v) is 25.0. The van der Waals surface area contributed by atoms with Crippen molar-refractivity contribution >= 4 is 53.7 Å². The van der Waals surface area contributed by atoms with E-state index in [0.29, 0.717) is 18.5 Å². The van der Waals surface area contributed by atoms with E-state index in [9.17, 15) is 24.3 Å². The highest BCUT2D eigenvalue weighted by Crippen LogP contribution is 2.38. The van der Waals surface area contributed by atoms with Crippen molar-refractivity contribution in [1.82, 2.24) is 40.4 Å². The van der Waals surface area contributed by atoms with Gasteiger partial charge in [-0.2, -0.15) is 0 Å². The molecule has 7 rings (SSSR count). The number of ether oxygens (including phenoxy) is 1. The second-order valence-electron chi connectivity index (χ2n) is 18.3. The molecule has 3 aromatic carbocycles. The van der Waals surface area contributed by atoms with E-state index >= 15 is 0 Å². The molecule has 2 aliphatic rings. The molecule has 1 aliphatic heterocycles. The molecule has 3 atom stereocenters. The van der Waals surface area contributed by atoms with Gasteiger partial charge in [0, 0.05) is 17.6 Å². The number of alkyl carbamates (subject to hydrolysis) is 1. The molecule has 0 bridgehead atoms. The van der Waals surface area contributed by atoms with E-state index in [-0.39, 0.29) is 35.7 Å². The Morgan fingerprint density at radius 2 is 1.59 bits per heavy atom. The van der Waals surface area contributed by atoms with Crippen LogP contribution < -0.4 is 10.6 Å². The summed E-state index contributed by atoms with van der Waals surface area (Å²) in [6.07, 6.45) is 6.93. The minimum Gasteiger partial charge on any atom is -0.453 e. The monoisotopic (exact) mass is 848 g/mol. The van der Waals surface area contributed by atoms with Crippen molar-refractivity contribution in [3.05, 3.63) is 72.4 Å². The standard InChI is InChI=1S/C46H60N8O6Si/c1-27(2)40(51-39(56)24-55)44(57)53(33-11-9-8-10-12-33)23-38-48-35-20-18-32-21-31(17-19-34(32)42(35)50-38)29-13-15-30(16-14-29)36-22-47-43(49-36)37-25-61(6,7)26-54(37)45(58)41(28(3)4)52-46(59)60-5/h13-22,27-28,33,37,40-41,55H,8-12,23-26H2,1-7H3,(H,47,49)(H,48,50)(H,51,56)(H,52,59). The highest BCUT2D eigenvalue weighted by Gasteiger charge is 2.46. The first-order valence-electron chi connectivity index (χ1n) is 21.6. The number of hydrogen-bond acceptors (Lipinski definition) is 8. The van der Waals surface area contributed by atoms with E-state index < -0.39 is 38.8 Å². The number of benzene rings is 3. The molecule has 5 aromatic rings. The smallest absolute Gasteiger partial charge is 0.407 e. The number of aromatic amines is 2. The number of carbonyl (C=O) groups is 4. The fourth-order valence-electron chi connectivity index (χ4n) is 9.09. The van der Waals surface area contributed by atoms with Gasteiger partial charge in [-0.15, -0.1) is 0 Å². The highest BCUT2D eigenvalue weighted by molar-refractivity contribution is 6.78. The van der Waals surface area contributed by atoms with Crippen molar-refractivity contribution in [3.63, 3.8) is 0 Å². The third-order valence-corrected chi connectivity index (χ3v) is 15.1. The molecule has 2 fully saturated rings. The molecule has 2 aromatic heterocycles. The Balaban J connectivity index is 1.09. The Labute approximate surface area is 358 Å². The predicted octanol–water partition coefficient (Wildman–Crippen LogP) is 7.08. The third kappa shape index (κ3) is 9.52. The predicted molar refractivity (Wildman–Crippen MR) is 239 cm³/mol. The first-order chi connectivity index (χ1) is 29.2. The molecule has 14 nitrogen and oxygen atoms in total. The topological polar surface area (TPSA) is 186 Å². The molecule has 324 valence electrons. The van der Waals surface area contributed by atoms with Gasteiger partial charge in [0.25, 0.3) is 0 Å². The second-order valence-corrected chi connectivity index (χ2v) is 23.3. The van der Waals surface area contributed by atoms with Crippen molar-refractivity contribution in [2.24, 2.45) is 11.8 Å². The van der Waals surface area contributed by atoms with Gasteiger partial charge < -0.3 is 40.2 Å². The van der Waals surface area contributed by atoms with Crippen LogP contribution >= 0.6 is 0 Å². The number of imidazole rings is 2. The number of aliphatic hydroxyl groups is 1. The minimum atomic E-state index is -1.76. The van der Waals surface area contributed by atoms with E-state index in [1.807, 2.05) is 49.8 Å². The lowest BCUT2D eigenvalue weighted by Crippen LogP contribution is -2.54. The number of nitrogens with one attached hydrogen (secondary N) is 4. The van der Waals surface area contributed by atoms with Gasteiger partial charge in [-0.3, -0.25) is 14.4 Å². The number of aromatic nitrogens is 4. The molecule has 3 unspecified atom stereocenters. The molecular formula is C46H60N8O6Si. The minimum absolute atomic E-state index is 0.0471. The van der Waals surface area contributed by atoms with Gasteiger partial charge in [-0.1, -0.05) is 103 Å². The van der Waals surface area contributed by atoms with E-state index in [1.165, 1.54) is 7.11 Å². The van der Waals surface area contributed by atoms with Crippen LogP contribution in [-0.4, -0.2) is 105 Å². The third-order valence-electron chi connectivity index (χ3n) is 12.4. The van der Waals surface area contributed by atoms with Crippen molar-refractivity contribution in [2.75, 3.05) is 19.9 Å². The number of fused-ring (bicyclic) bond motifs is 3. The van der Waals surface area contributed by atoms with Crippen molar-refractivity contribution in [3.8, 4) is 22.4 Å². The van der Waals surface area contributed by atoms with Crippen LogP contribution in [0.4, 0.5) is 4.79 Å². The lowest BCUT2D eigenvalue weighted by atomic mass is 9.92. The molecule has 3 heterocycles. The Kier molecular flexibility index (Phi) is 13.0. The van der Waals surface area contributed by atoms with Crippen molar-refractivity contribution in [1.29, 1.82) is 0 Å². The quantitative estimate of drug-likeness (QED) is 0.0779. The van der Waals surface area contributed by atoms with Gasteiger partial charge in [0.2, 0.25) is 17.7 Å². The van der Waals surface area contributed by atoms with Crippen LogP contribution in [-0.2, 0) is 25.7 Å². The Hall–Kier alpha value is -5.54. The largest absolute Gasteiger partial charge is 0.453 e. The highest BCUT2D eigenvalue weighted by atomic mass is 28.3. The number of carbonyl (C=O) groups excluding carboxylic acids is 4. The van der Waals surface area contributed by atoms with Gasteiger partial charge in [0.15, 0.2) is 0 Å². The molecule has 61 heavy (non-hydrogen) atoms. The van der Waals surface area contributed by atoms with Crippen molar-refractivity contribution in [2.45, 2.75) is 110 Å². The number of aliphatic hydroxyl groups excluding tert-OH is 1. The van der Waals surface area contributed by atoms with Crippen LogP contribution in [0.5, 0.6) is 0 Å². The summed E-state index contributed by atoms with van der Waals surface area (Å²) >= 11 is 0. The van der Waals surface area contributed by atoms with Crippen molar-refractivity contribution < 1.29 is 29.0 Å². The second kappa shape index (κ2) is 18.2. The molecule has 1 saturated heterocycles. The molecule has 4 amide bonds. The van der Waals surface area contributed by atoms with Gasteiger partial charge in [-0.05, 0) is 64.9 Å². The van der Waals surface area contributed by atoms with Gasteiger partial charge >= 0.3 is 6.09 Å². The van der Waals surface area contributed by atoms with Crippen LogP contribution in [0.15, 0.2) is 60.8 Å². The summed E-state index contributed by atoms with van der Waals surface area (Å²) in [5, 5.41) is 17.0. The summed E-state index contributed by atoms with van der Waals surface area (Å²) in [6, 6.07) is 18.1. The zero-order chi connectivity index (χ0) is 43.6. The Morgan fingerprint density at radius 3 is 2.26 bits per heavy atom. The van der Waals surface area contributed by atoms with E-state index in [2.05, 4.69) is 82.2 Å². The summed E-state index contributed by atoms with van der Waals surface area (Å²) in [7, 11) is -0.457. The fourth-order valence-corrected chi connectivity index (χ4v) is 12.0. The number of H-pyrrole nitrogens is 2. The molecule has 1 aliphatic carbocycles. The molecule has 1 saturated carbocycles. The van der Waals surface area contributed by atoms with Crippen LogP contribution in [0.3, 0.4) is 0 Å². The average Bonchev–Trinajstić information content (AvgIpc) is 4.00. The summed E-state index contributed by atoms with van der Waals surface area (Å²) < 4.78 is 4.82. The molecular weight excluding hydrogens is 789 g/mol. The van der Waals surface area contributed by atoms with Gasteiger partial charge in [0.1, 0.15) is 30.3 Å². The van der Waals surface area contributed by atoms with Crippen LogP contribution in [0, 0.1) is 11.8 Å². The number of nitrogens with zero attached hydrogens (tertiary/aromatic N) is 4. The lowest BCUT2D eigenvalue weighted by molar-refractivity contribution is -0.141. The lowest BCUT2D eigenvalue weighted by Gasteiger charge is -2.37. The maximum atomic E-state index is 14.1. The zero-order valence-electron chi connectivity index (χ0n) is 36.4. The van der Waals surface area contributed by atoms with Gasteiger partial charge in [-0.25, -0.2) is 14.8 Å². The Morgan fingerprint density at radius 1 is 0.902 bits per heavy atom. The SMILES string of the molecule is COC(=O)NC(C(=O)N1C[Si](C)(C)CC1c1ncc(-c2ccc(-c3ccc4c(ccc5nc(CN(C(=O)C(NC(=O)CO)C(C)C)C6CCCCC6)[nH]c54)c3)cc2)[nH]1)C(C)C. The van der Waals surface area contributed by atoms with Crippen LogP contribution in [0.25, 0.3) is 44.2 Å². The average molecular weight is 849 g/mol. The summed E-state index contributed by atoms with van der Waals surface area (Å²) in [6.45, 7) is 11.8. The van der Waals surface area contributed by atoms with Crippen LogP contribution in [0.1, 0.15) is 77.5 Å². The zero-order valence-corrected chi connectivity index (χ0v) is 37.4. The number of amides is 4. The maximum absolute atomic E-state index is 14.1. The molecule has 0 radical (unpaired) electrons. The number of rotatable bonds is 13. The fraction of sp³-hybridized carbons (Fsp3) is 0.478. The summed E-state index contributed by atoms with van der Waals surface area (Å²) in [5.74, 6) is 0.333. The first kappa shape index (κ1) is 43.5. The summed E-state index contributed by atoms with van der Waals surface area (Å²) in [5.41, 5.74) is 5.69. The number of methoxy groups -OCH3 is 1. The summed E-state index contributed by atoms with van der Waals surface area (Å²) in [4.78, 5) is 72.8. The van der Waals surface area contributed by atoms with E-state index in [0.717, 1.165) is 88.2 Å². The maximum Gasteiger partial charge on any atom is 0.407 e. The normalized spacial score (nSPS) is 17.8. The molecule has 0 spiro atoms. The number of hydrogen-bond donors (Lipinski definition) is 5. The molecule has 5 N–H and O–H groups in total. The molecule has 15 heteroatoms.